The van der Waals surface area contributed by atoms with E-state index < -0.39 is 0 Å². The second-order valence-corrected chi connectivity index (χ2v) is 8.80. The van der Waals surface area contributed by atoms with Gasteiger partial charge in [-0.25, -0.2) is 9.97 Å². The highest BCUT2D eigenvalue weighted by Crippen LogP contribution is 2.34. The largest absolute Gasteiger partial charge is 0.496 e. The molecule has 0 unspecified atom stereocenters. The number of nitrogens with zero attached hydrogens (tertiary/aromatic N) is 4. The van der Waals surface area contributed by atoms with Crippen molar-refractivity contribution < 1.29 is 9.53 Å². The first kappa shape index (κ1) is 24.0. The molecule has 0 spiro atoms. The third-order valence-electron chi connectivity index (χ3n) is 5.03. The summed E-state index contributed by atoms with van der Waals surface area (Å²) in [6.07, 6.45) is 6.18. The number of benzene rings is 2. The van der Waals surface area contributed by atoms with Crippen molar-refractivity contribution >= 4 is 56.6 Å². The summed E-state index contributed by atoms with van der Waals surface area (Å²) in [7, 11) is 1.55. The SMILES string of the molecule is COc1ccc(Cl)cc1C(=O)N(CCCn1ccnc1)c1nc2cc(C)cc(C)c2s1.Cl. The Morgan fingerprint density at radius 1 is 1.25 bits per heavy atom. The van der Waals surface area contributed by atoms with E-state index in [1.54, 1.807) is 42.7 Å². The second-order valence-electron chi connectivity index (χ2n) is 7.38. The number of thiazole rings is 1. The van der Waals surface area contributed by atoms with Crippen LogP contribution in [0.1, 0.15) is 27.9 Å². The Morgan fingerprint density at radius 2 is 2.06 bits per heavy atom. The lowest BCUT2D eigenvalue weighted by molar-refractivity contribution is 0.0983. The number of carbonyl (C=O) groups is 1. The van der Waals surface area contributed by atoms with E-state index >= 15 is 0 Å². The van der Waals surface area contributed by atoms with Crippen LogP contribution in [0.5, 0.6) is 5.75 Å². The smallest absolute Gasteiger partial charge is 0.263 e. The summed E-state index contributed by atoms with van der Waals surface area (Å²) in [5.41, 5.74) is 3.63. The molecule has 4 rings (SSSR count). The zero-order valence-electron chi connectivity index (χ0n) is 18.0. The molecule has 9 heteroatoms. The lowest BCUT2D eigenvalue weighted by Gasteiger charge is -2.21. The van der Waals surface area contributed by atoms with Crippen LogP contribution in [-0.2, 0) is 6.54 Å². The molecule has 0 atom stereocenters. The van der Waals surface area contributed by atoms with Crippen LogP contribution >= 0.6 is 35.3 Å². The van der Waals surface area contributed by atoms with Crippen LogP contribution in [0, 0.1) is 13.8 Å². The van der Waals surface area contributed by atoms with Gasteiger partial charge in [0.05, 0.1) is 29.2 Å². The maximum atomic E-state index is 13.6. The van der Waals surface area contributed by atoms with Gasteiger partial charge in [-0.15, -0.1) is 12.4 Å². The zero-order chi connectivity index (χ0) is 22.0. The summed E-state index contributed by atoms with van der Waals surface area (Å²) in [5.74, 6) is 0.306. The summed E-state index contributed by atoms with van der Waals surface area (Å²) >= 11 is 7.72. The van der Waals surface area contributed by atoms with Crippen LogP contribution in [-0.4, -0.2) is 34.1 Å². The Labute approximate surface area is 202 Å². The Bertz CT molecular complexity index is 1220. The fourth-order valence-electron chi connectivity index (χ4n) is 3.59. The van der Waals surface area contributed by atoms with Crippen LogP contribution in [0.4, 0.5) is 5.13 Å². The molecule has 4 aromatic rings. The molecule has 2 aromatic heterocycles. The zero-order valence-corrected chi connectivity index (χ0v) is 20.4. The van der Waals surface area contributed by atoms with Crippen molar-refractivity contribution in [3.63, 3.8) is 0 Å². The topological polar surface area (TPSA) is 60.2 Å². The van der Waals surface area contributed by atoms with E-state index in [0.717, 1.165) is 34.3 Å². The standard InChI is InChI=1S/C23H23ClN4O2S.ClH/c1-15-11-16(2)21-19(12-15)26-23(31-21)28(9-4-8-27-10-7-25-14-27)22(29)18-13-17(24)5-6-20(18)30-3;/h5-7,10-14H,4,8-9H2,1-3H3;1H. The summed E-state index contributed by atoms with van der Waals surface area (Å²) in [6, 6.07) is 9.26. The van der Waals surface area contributed by atoms with Crippen LogP contribution in [0.25, 0.3) is 10.2 Å². The third-order valence-corrected chi connectivity index (χ3v) is 6.50. The molecule has 1 amide bonds. The number of hydrogen-bond acceptors (Lipinski definition) is 5. The molecule has 0 saturated carbocycles. The van der Waals surface area contributed by atoms with Crippen LogP contribution < -0.4 is 9.64 Å². The number of ether oxygens (including phenoxy) is 1. The molecule has 6 nitrogen and oxygen atoms in total. The molecule has 0 aliphatic rings. The van der Waals surface area contributed by atoms with Gasteiger partial charge < -0.3 is 9.30 Å². The highest BCUT2D eigenvalue weighted by Gasteiger charge is 2.24. The van der Waals surface area contributed by atoms with Gasteiger partial charge in [-0.05, 0) is 55.7 Å². The highest BCUT2D eigenvalue weighted by molar-refractivity contribution is 7.22. The number of fused-ring (bicyclic) bond motifs is 1. The van der Waals surface area contributed by atoms with E-state index in [9.17, 15) is 4.79 Å². The number of imidazole rings is 1. The molecular formula is C23H24Cl2N4O2S. The molecule has 0 aliphatic carbocycles. The summed E-state index contributed by atoms with van der Waals surface area (Å²) < 4.78 is 8.51. The first-order valence-corrected chi connectivity index (χ1v) is 11.1. The van der Waals surface area contributed by atoms with Gasteiger partial charge in [0.1, 0.15) is 5.75 Å². The lowest BCUT2D eigenvalue weighted by atomic mass is 10.1. The highest BCUT2D eigenvalue weighted by atomic mass is 35.5. The van der Waals surface area contributed by atoms with Crippen molar-refractivity contribution in [2.24, 2.45) is 0 Å². The van der Waals surface area contributed by atoms with Crippen molar-refractivity contribution in [2.45, 2.75) is 26.8 Å². The van der Waals surface area contributed by atoms with Gasteiger partial charge in [0, 0.05) is 30.5 Å². The number of amides is 1. The molecular weight excluding hydrogens is 467 g/mol. The normalized spacial score (nSPS) is 10.8. The number of halogens is 2. The van der Waals surface area contributed by atoms with Crippen molar-refractivity contribution in [3.8, 4) is 5.75 Å². The van der Waals surface area contributed by atoms with E-state index in [1.165, 1.54) is 11.3 Å². The van der Waals surface area contributed by atoms with Gasteiger partial charge in [0.25, 0.3) is 5.91 Å². The third kappa shape index (κ3) is 5.06. The Hall–Kier alpha value is -2.61. The van der Waals surface area contributed by atoms with Crippen molar-refractivity contribution in [1.29, 1.82) is 0 Å². The fraction of sp³-hybridized carbons (Fsp3) is 0.261. The minimum atomic E-state index is -0.182. The number of aryl methyl sites for hydroxylation is 3. The summed E-state index contributed by atoms with van der Waals surface area (Å²) in [6.45, 7) is 5.38. The minimum Gasteiger partial charge on any atom is -0.496 e. The summed E-state index contributed by atoms with van der Waals surface area (Å²) in [5, 5.41) is 1.15. The van der Waals surface area contributed by atoms with Crippen molar-refractivity contribution in [1.82, 2.24) is 14.5 Å². The molecule has 0 radical (unpaired) electrons. The van der Waals surface area contributed by atoms with E-state index in [4.69, 9.17) is 21.3 Å². The number of aromatic nitrogens is 3. The predicted octanol–water partition coefficient (Wildman–Crippen LogP) is 5.93. The van der Waals surface area contributed by atoms with Crippen molar-refractivity contribution in [3.05, 3.63) is 70.8 Å². The maximum absolute atomic E-state index is 13.6. The van der Waals surface area contributed by atoms with Gasteiger partial charge in [0.15, 0.2) is 5.13 Å². The van der Waals surface area contributed by atoms with E-state index in [0.29, 0.717) is 28.0 Å². The first-order chi connectivity index (χ1) is 15.0. The second kappa shape index (κ2) is 10.3. The number of hydrogen-bond donors (Lipinski definition) is 0. The quantitative estimate of drug-likeness (QED) is 0.322. The Morgan fingerprint density at radius 3 is 2.78 bits per heavy atom. The van der Waals surface area contributed by atoms with Gasteiger partial charge in [0.2, 0.25) is 0 Å². The van der Waals surface area contributed by atoms with Crippen LogP contribution in [0.2, 0.25) is 5.02 Å². The lowest BCUT2D eigenvalue weighted by Crippen LogP contribution is -2.32. The molecule has 168 valence electrons. The Kier molecular flexibility index (Phi) is 7.77. The van der Waals surface area contributed by atoms with E-state index in [-0.39, 0.29) is 18.3 Å². The van der Waals surface area contributed by atoms with Crippen molar-refractivity contribution in [2.75, 3.05) is 18.6 Å². The molecule has 0 aliphatic heterocycles. The Balaban J connectivity index is 0.00000289. The number of carbonyl (C=O) groups excluding carboxylic acids is 1. The average molecular weight is 491 g/mol. The number of methoxy groups -OCH3 is 1. The van der Waals surface area contributed by atoms with E-state index in [1.807, 2.05) is 10.8 Å². The molecule has 0 saturated heterocycles. The molecule has 0 bridgehead atoms. The van der Waals surface area contributed by atoms with Gasteiger partial charge >= 0.3 is 0 Å². The number of anilines is 1. The predicted molar refractivity (Wildman–Crippen MR) is 133 cm³/mol. The van der Waals surface area contributed by atoms with Gasteiger partial charge in [-0.2, -0.15) is 0 Å². The molecule has 0 fully saturated rings. The van der Waals surface area contributed by atoms with Gasteiger partial charge in [-0.3, -0.25) is 9.69 Å². The molecule has 32 heavy (non-hydrogen) atoms. The molecule has 2 heterocycles. The minimum absolute atomic E-state index is 0. The van der Waals surface area contributed by atoms with Crippen LogP contribution in [0.3, 0.4) is 0 Å². The molecule has 0 N–H and O–H groups in total. The van der Waals surface area contributed by atoms with Crippen LogP contribution in [0.15, 0.2) is 49.1 Å². The van der Waals surface area contributed by atoms with Gasteiger partial charge in [-0.1, -0.05) is 29.0 Å². The molecule has 2 aromatic carbocycles. The number of rotatable bonds is 7. The first-order valence-electron chi connectivity index (χ1n) is 9.95. The monoisotopic (exact) mass is 490 g/mol. The summed E-state index contributed by atoms with van der Waals surface area (Å²) in [4.78, 5) is 24.2. The maximum Gasteiger partial charge on any atom is 0.263 e. The van der Waals surface area contributed by atoms with E-state index in [2.05, 4.69) is 31.0 Å². The fourth-order valence-corrected chi connectivity index (χ4v) is 4.80. The average Bonchev–Trinajstić information content (AvgIpc) is 3.40.